The predicted molar refractivity (Wildman–Crippen MR) is 122 cm³/mol. The van der Waals surface area contributed by atoms with Crippen molar-refractivity contribution >= 4 is 17.4 Å². The molecule has 1 fully saturated rings. The highest BCUT2D eigenvalue weighted by Gasteiger charge is 2.21. The average Bonchev–Trinajstić information content (AvgIpc) is 3.37. The lowest BCUT2D eigenvalue weighted by atomic mass is 10.2. The number of pyridine rings is 1. The normalized spacial score (nSPS) is 12.8. The van der Waals surface area contributed by atoms with E-state index in [0.717, 1.165) is 29.5 Å². The first-order valence-electron chi connectivity index (χ1n) is 10.6. The van der Waals surface area contributed by atoms with Crippen LogP contribution in [0.25, 0.3) is 17.1 Å². The van der Waals surface area contributed by atoms with Crippen molar-refractivity contribution < 1.29 is 9.21 Å². The first-order valence-corrected chi connectivity index (χ1v) is 10.6. The first kappa shape index (κ1) is 20.5. The van der Waals surface area contributed by atoms with E-state index in [0.29, 0.717) is 17.1 Å². The van der Waals surface area contributed by atoms with Crippen molar-refractivity contribution in [3.05, 3.63) is 72.0 Å². The summed E-state index contributed by atoms with van der Waals surface area (Å²) in [5, 5.41) is 19.7. The summed E-state index contributed by atoms with van der Waals surface area (Å²) in [4.78, 5) is 21.4. The van der Waals surface area contributed by atoms with Gasteiger partial charge in [0, 0.05) is 18.3 Å². The van der Waals surface area contributed by atoms with E-state index < -0.39 is 5.91 Å². The summed E-state index contributed by atoms with van der Waals surface area (Å²) in [6.45, 7) is 2.88. The molecular formula is C24H21N7O2. The third kappa shape index (κ3) is 4.60. The maximum absolute atomic E-state index is 12.8. The molecule has 164 valence electrons. The molecule has 0 spiro atoms. The molecule has 2 N–H and O–H groups in total. The largest absolute Gasteiger partial charge is 0.444 e. The minimum atomic E-state index is -0.494. The van der Waals surface area contributed by atoms with E-state index in [1.54, 1.807) is 23.1 Å². The summed E-state index contributed by atoms with van der Waals surface area (Å²) in [5.41, 5.74) is 3.11. The third-order valence-electron chi connectivity index (χ3n) is 5.38. The van der Waals surface area contributed by atoms with Gasteiger partial charge in [-0.3, -0.25) is 4.79 Å². The number of amides is 1. The van der Waals surface area contributed by atoms with Crippen LogP contribution in [-0.4, -0.2) is 32.2 Å². The predicted octanol–water partition coefficient (Wildman–Crippen LogP) is 4.18. The van der Waals surface area contributed by atoms with Crippen LogP contribution < -0.4 is 10.6 Å². The zero-order chi connectivity index (χ0) is 22.8. The number of carbonyl (C=O) groups is 1. The van der Waals surface area contributed by atoms with Gasteiger partial charge in [0.15, 0.2) is 11.4 Å². The van der Waals surface area contributed by atoms with Crippen LogP contribution in [0.1, 0.15) is 34.6 Å². The molecule has 3 heterocycles. The number of benzene rings is 1. The second-order valence-corrected chi connectivity index (χ2v) is 8.03. The summed E-state index contributed by atoms with van der Waals surface area (Å²) in [7, 11) is 0. The zero-order valence-corrected chi connectivity index (χ0v) is 17.9. The second kappa shape index (κ2) is 8.59. The van der Waals surface area contributed by atoms with Crippen molar-refractivity contribution in [2.24, 2.45) is 5.92 Å². The van der Waals surface area contributed by atoms with Crippen LogP contribution in [-0.2, 0) is 0 Å². The molecule has 0 radical (unpaired) electrons. The molecular weight excluding hydrogens is 418 g/mol. The van der Waals surface area contributed by atoms with Crippen LogP contribution in [0.15, 0.2) is 59.5 Å². The molecule has 3 aromatic heterocycles. The van der Waals surface area contributed by atoms with E-state index in [4.69, 9.17) is 4.42 Å². The number of nitriles is 1. The number of aromatic nitrogens is 4. The van der Waals surface area contributed by atoms with Gasteiger partial charge in [-0.2, -0.15) is 10.4 Å². The Balaban J connectivity index is 1.32. The molecule has 0 atom stereocenters. The Morgan fingerprint density at radius 2 is 2.09 bits per heavy atom. The lowest BCUT2D eigenvalue weighted by molar-refractivity contribution is 0.102. The lowest BCUT2D eigenvalue weighted by Crippen LogP contribution is -2.12. The quantitative estimate of drug-likeness (QED) is 0.443. The number of hydrogen-bond donors (Lipinski definition) is 2. The Bertz CT molecular complexity index is 1340. The van der Waals surface area contributed by atoms with Gasteiger partial charge in [-0.05, 0) is 49.9 Å². The van der Waals surface area contributed by atoms with Crippen molar-refractivity contribution in [3.63, 3.8) is 0 Å². The molecule has 1 amide bonds. The molecule has 1 aromatic carbocycles. The highest BCUT2D eigenvalue weighted by Crippen LogP contribution is 2.29. The van der Waals surface area contributed by atoms with Gasteiger partial charge < -0.3 is 15.1 Å². The summed E-state index contributed by atoms with van der Waals surface area (Å²) in [6, 6.07) is 13.3. The second-order valence-electron chi connectivity index (χ2n) is 8.03. The average molecular weight is 439 g/mol. The highest BCUT2D eigenvalue weighted by molar-refractivity contribution is 6.03. The van der Waals surface area contributed by atoms with Gasteiger partial charge in [-0.15, -0.1) is 0 Å². The fourth-order valence-electron chi connectivity index (χ4n) is 3.31. The van der Waals surface area contributed by atoms with E-state index in [2.05, 4.69) is 25.7 Å². The Labute approximate surface area is 190 Å². The van der Waals surface area contributed by atoms with E-state index in [-0.39, 0.29) is 11.4 Å². The molecule has 0 unspecified atom stereocenters. The number of carbonyl (C=O) groups excluding carboxylic acids is 1. The third-order valence-corrected chi connectivity index (χ3v) is 5.38. The number of nitrogens with zero attached hydrogens (tertiary/aromatic N) is 5. The van der Waals surface area contributed by atoms with Crippen molar-refractivity contribution in [2.45, 2.75) is 19.8 Å². The highest BCUT2D eigenvalue weighted by atomic mass is 16.3. The van der Waals surface area contributed by atoms with E-state index in [9.17, 15) is 10.1 Å². The zero-order valence-electron chi connectivity index (χ0n) is 17.9. The topological polar surface area (TPSA) is 122 Å². The van der Waals surface area contributed by atoms with Crippen LogP contribution >= 0.6 is 0 Å². The molecule has 33 heavy (non-hydrogen) atoms. The molecule has 0 bridgehead atoms. The molecule has 0 aliphatic heterocycles. The van der Waals surface area contributed by atoms with Gasteiger partial charge in [0.2, 0.25) is 5.89 Å². The Hall–Kier alpha value is -4.45. The Morgan fingerprint density at radius 1 is 1.27 bits per heavy atom. The molecule has 1 saturated carbocycles. The summed E-state index contributed by atoms with van der Waals surface area (Å²) >= 11 is 0. The van der Waals surface area contributed by atoms with Crippen molar-refractivity contribution in [1.82, 2.24) is 19.7 Å². The molecule has 4 aromatic rings. The number of hydrogen-bond acceptors (Lipinski definition) is 7. The fraction of sp³-hybridized carbons (Fsp3) is 0.208. The maximum Gasteiger partial charge on any atom is 0.277 e. The van der Waals surface area contributed by atoms with E-state index in [1.165, 1.54) is 19.1 Å². The lowest BCUT2D eigenvalue weighted by Gasteiger charge is -2.04. The standard InChI is InChI=1S/C24H21N7O2/c1-15-2-6-18(7-3-15)31-13-20(19(11-25)30-31)28-23(32)21-14-33-24(29-21)17-8-9-26-22(10-17)27-12-16-4-5-16/h2-3,6-10,13-14,16H,4-5,12H2,1H3,(H,26,27)(H,28,32). The monoisotopic (exact) mass is 439 g/mol. The van der Waals surface area contributed by atoms with Crippen LogP contribution in [0.5, 0.6) is 0 Å². The number of rotatable bonds is 7. The molecule has 1 aliphatic carbocycles. The number of oxazole rings is 1. The van der Waals surface area contributed by atoms with Crippen LogP contribution in [0.2, 0.25) is 0 Å². The first-order chi connectivity index (χ1) is 16.1. The van der Waals surface area contributed by atoms with Crippen molar-refractivity contribution in [1.29, 1.82) is 5.26 Å². The van der Waals surface area contributed by atoms with Gasteiger partial charge in [0.1, 0.15) is 18.2 Å². The van der Waals surface area contributed by atoms with Gasteiger partial charge in [-0.25, -0.2) is 14.6 Å². The van der Waals surface area contributed by atoms with Crippen LogP contribution in [0.4, 0.5) is 11.5 Å². The number of nitrogens with one attached hydrogen (secondary N) is 2. The van der Waals surface area contributed by atoms with Crippen LogP contribution in [0.3, 0.4) is 0 Å². The minimum Gasteiger partial charge on any atom is -0.444 e. The SMILES string of the molecule is Cc1ccc(-n2cc(NC(=O)c3coc(-c4ccnc(NCC5CC5)c4)n3)c(C#N)n2)cc1. The van der Waals surface area contributed by atoms with Gasteiger partial charge in [-0.1, -0.05) is 17.7 Å². The smallest absolute Gasteiger partial charge is 0.277 e. The summed E-state index contributed by atoms with van der Waals surface area (Å²) < 4.78 is 7.08. The number of aryl methyl sites for hydroxylation is 1. The van der Waals surface area contributed by atoms with E-state index in [1.807, 2.05) is 43.3 Å². The summed E-state index contributed by atoms with van der Waals surface area (Å²) in [6.07, 6.45) is 7.07. The molecule has 0 saturated heterocycles. The fourth-order valence-corrected chi connectivity index (χ4v) is 3.31. The Kier molecular flexibility index (Phi) is 5.32. The van der Waals surface area contributed by atoms with Crippen molar-refractivity contribution in [3.8, 4) is 23.2 Å². The molecule has 1 aliphatic rings. The maximum atomic E-state index is 12.8. The van der Waals surface area contributed by atoms with Gasteiger partial charge in [0.05, 0.1) is 17.6 Å². The van der Waals surface area contributed by atoms with E-state index >= 15 is 0 Å². The molecule has 5 rings (SSSR count). The van der Waals surface area contributed by atoms with Gasteiger partial charge >= 0.3 is 0 Å². The summed E-state index contributed by atoms with van der Waals surface area (Å²) in [5.74, 6) is 1.28. The molecule has 9 nitrogen and oxygen atoms in total. The number of anilines is 2. The molecule has 9 heteroatoms. The van der Waals surface area contributed by atoms with Crippen molar-refractivity contribution in [2.75, 3.05) is 17.2 Å². The minimum absolute atomic E-state index is 0.0984. The van der Waals surface area contributed by atoms with Gasteiger partial charge in [0.25, 0.3) is 5.91 Å². The Morgan fingerprint density at radius 3 is 2.85 bits per heavy atom. The van der Waals surface area contributed by atoms with Crippen LogP contribution in [0, 0.1) is 24.2 Å².